The maximum atomic E-state index is 12.2. The van der Waals surface area contributed by atoms with E-state index in [4.69, 9.17) is 9.47 Å². The standard InChI is InChI=1S/C15H20O4Se/c1-4-12(14(16)18-3)13(15(17)19-5-2)20-11-9-7-6-8-10-11/h6-10,12-13H,4-5H2,1-3H3/t12-,13-/m1/s1. The van der Waals surface area contributed by atoms with Crippen molar-refractivity contribution in [2.75, 3.05) is 13.7 Å². The van der Waals surface area contributed by atoms with Gasteiger partial charge in [-0.1, -0.05) is 0 Å². The average molecular weight is 343 g/mol. The second kappa shape index (κ2) is 8.77. The van der Waals surface area contributed by atoms with Gasteiger partial charge in [0.2, 0.25) is 0 Å². The van der Waals surface area contributed by atoms with Crippen molar-refractivity contribution < 1.29 is 19.1 Å². The Morgan fingerprint density at radius 2 is 1.80 bits per heavy atom. The van der Waals surface area contributed by atoms with Crippen LogP contribution >= 0.6 is 0 Å². The van der Waals surface area contributed by atoms with Gasteiger partial charge >= 0.3 is 125 Å². The van der Waals surface area contributed by atoms with Crippen LogP contribution in [-0.4, -0.2) is 40.6 Å². The van der Waals surface area contributed by atoms with E-state index in [-0.39, 0.29) is 26.9 Å². The average Bonchev–Trinajstić information content (AvgIpc) is 2.48. The minimum atomic E-state index is -0.445. The predicted molar refractivity (Wildman–Crippen MR) is 78.0 cm³/mol. The summed E-state index contributed by atoms with van der Waals surface area (Å²) in [7, 11) is 1.35. The third kappa shape index (κ3) is 4.66. The zero-order valence-electron chi connectivity index (χ0n) is 12.0. The van der Waals surface area contributed by atoms with Crippen molar-refractivity contribution >= 4 is 31.4 Å². The van der Waals surface area contributed by atoms with Crippen LogP contribution in [0, 0.1) is 5.92 Å². The van der Waals surface area contributed by atoms with Crippen molar-refractivity contribution in [2.45, 2.75) is 25.1 Å². The number of methoxy groups -OCH3 is 1. The van der Waals surface area contributed by atoms with E-state index >= 15 is 0 Å². The molecule has 0 aliphatic heterocycles. The number of benzene rings is 1. The summed E-state index contributed by atoms with van der Waals surface area (Å²) >= 11 is -0.164. The summed E-state index contributed by atoms with van der Waals surface area (Å²) in [5.41, 5.74) is 0. The molecule has 0 aliphatic carbocycles. The molecular weight excluding hydrogens is 323 g/mol. The van der Waals surface area contributed by atoms with Gasteiger partial charge in [-0.2, -0.15) is 0 Å². The fraction of sp³-hybridized carbons (Fsp3) is 0.467. The van der Waals surface area contributed by atoms with Crippen molar-refractivity contribution in [3.63, 3.8) is 0 Å². The van der Waals surface area contributed by atoms with E-state index in [1.807, 2.05) is 37.3 Å². The summed E-state index contributed by atoms with van der Waals surface area (Å²) in [5.74, 6) is -1.10. The minimum absolute atomic E-state index is 0.164. The third-order valence-corrected chi connectivity index (χ3v) is 5.60. The summed E-state index contributed by atoms with van der Waals surface area (Å²) in [6.45, 7) is 3.97. The van der Waals surface area contributed by atoms with Gasteiger partial charge in [-0.3, -0.25) is 0 Å². The third-order valence-electron chi connectivity index (χ3n) is 2.83. The monoisotopic (exact) mass is 344 g/mol. The van der Waals surface area contributed by atoms with Gasteiger partial charge in [0.05, 0.1) is 0 Å². The van der Waals surface area contributed by atoms with E-state index in [1.54, 1.807) is 6.92 Å². The first-order chi connectivity index (χ1) is 9.63. The Hall–Kier alpha value is -1.32. The van der Waals surface area contributed by atoms with E-state index in [0.29, 0.717) is 13.0 Å². The summed E-state index contributed by atoms with van der Waals surface area (Å²) in [6.07, 6.45) is 0.560. The van der Waals surface area contributed by atoms with Gasteiger partial charge in [0.1, 0.15) is 0 Å². The first-order valence-corrected chi connectivity index (χ1v) is 8.44. The number of carbonyl (C=O) groups is 2. The van der Waals surface area contributed by atoms with Crippen LogP contribution in [0.3, 0.4) is 0 Å². The molecule has 0 aromatic heterocycles. The number of esters is 2. The number of hydrogen-bond acceptors (Lipinski definition) is 4. The molecule has 1 rings (SSSR count). The predicted octanol–water partition coefficient (Wildman–Crippen LogP) is 1.57. The Morgan fingerprint density at radius 1 is 1.15 bits per heavy atom. The molecule has 0 aliphatic rings. The van der Waals surface area contributed by atoms with Gasteiger partial charge in [0.15, 0.2) is 0 Å². The Balaban J connectivity index is 2.94. The fourth-order valence-corrected chi connectivity index (χ4v) is 4.42. The molecule has 5 heteroatoms. The van der Waals surface area contributed by atoms with Gasteiger partial charge in [0, 0.05) is 0 Å². The number of ether oxygens (including phenoxy) is 2. The first-order valence-electron chi connectivity index (χ1n) is 6.60. The van der Waals surface area contributed by atoms with E-state index < -0.39 is 10.7 Å². The molecule has 2 atom stereocenters. The zero-order valence-corrected chi connectivity index (χ0v) is 13.7. The molecule has 1 aromatic rings. The molecule has 1 aromatic carbocycles. The van der Waals surface area contributed by atoms with Gasteiger partial charge in [-0.15, -0.1) is 0 Å². The number of hydrogen-bond donors (Lipinski definition) is 0. The van der Waals surface area contributed by atoms with E-state index in [0.717, 1.165) is 4.46 Å². The second-order valence-electron chi connectivity index (χ2n) is 4.14. The van der Waals surface area contributed by atoms with Crippen molar-refractivity contribution in [1.29, 1.82) is 0 Å². The SMILES string of the molecule is CCOC(=O)[C@H]([Se]c1ccccc1)[C@@H](CC)C(=O)OC. The van der Waals surface area contributed by atoms with Crippen molar-refractivity contribution in [3.8, 4) is 0 Å². The molecule has 110 valence electrons. The van der Waals surface area contributed by atoms with Crippen molar-refractivity contribution in [1.82, 2.24) is 0 Å². The van der Waals surface area contributed by atoms with Crippen LogP contribution in [0.1, 0.15) is 20.3 Å². The van der Waals surface area contributed by atoms with Crippen LogP contribution in [0.5, 0.6) is 0 Å². The molecular formula is C15H20O4Se. The molecule has 0 unspecified atom stereocenters. The van der Waals surface area contributed by atoms with Crippen LogP contribution in [0.15, 0.2) is 30.3 Å². The van der Waals surface area contributed by atoms with Crippen LogP contribution in [0.4, 0.5) is 0 Å². The number of rotatable bonds is 7. The molecule has 0 fully saturated rings. The molecule has 0 bridgehead atoms. The summed E-state index contributed by atoms with van der Waals surface area (Å²) in [4.78, 5) is 23.6. The molecule has 0 radical (unpaired) electrons. The Morgan fingerprint density at radius 3 is 2.30 bits per heavy atom. The van der Waals surface area contributed by atoms with Crippen LogP contribution in [0.25, 0.3) is 0 Å². The maximum absolute atomic E-state index is 12.2. The molecule has 0 amide bonds. The number of carbonyl (C=O) groups excluding carboxylic acids is 2. The molecule has 0 saturated carbocycles. The molecule has 0 heterocycles. The molecule has 0 N–H and O–H groups in total. The second-order valence-corrected chi connectivity index (χ2v) is 6.69. The van der Waals surface area contributed by atoms with Gasteiger partial charge < -0.3 is 0 Å². The van der Waals surface area contributed by atoms with Crippen LogP contribution < -0.4 is 4.46 Å². The van der Waals surface area contributed by atoms with E-state index in [2.05, 4.69) is 0 Å². The van der Waals surface area contributed by atoms with Crippen LogP contribution in [-0.2, 0) is 19.1 Å². The molecule has 0 spiro atoms. The molecule has 0 saturated heterocycles. The van der Waals surface area contributed by atoms with Gasteiger partial charge in [-0.05, 0) is 0 Å². The Labute approximate surface area is 126 Å². The Kier molecular flexibility index (Phi) is 7.34. The quantitative estimate of drug-likeness (QED) is 0.557. The zero-order chi connectivity index (χ0) is 15.0. The van der Waals surface area contributed by atoms with Crippen molar-refractivity contribution in [2.24, 2.45) is 5.92 Å². The Bertz CT molecular complexity index is 433. The van der Waals surface area contributed by atoms with Crippen molar-refractivity contribution in [3.05, 3.63) is 30.3 Å². The summed E-state index contributed by atoms with van der Waals surface area (Å²) in [5, 5.41) is 0. The fourth-order valence-electron chi connectivity index (χ4n) is 1.82. The van der Waals surface area contributed by atoms with E-state index in [9.17, 15) is 9.59 Å². The molecule has 20 heavy (non-hydrogen) atoms. The summed E-state index contributed by atoms with van der Waals surface area (Å²) < 4.78 is 11.0. The first kappa shape index (κ1) is 16.7. The normalized spacial score (nSPS) is 13.3. The van der Waals surface area contributed by atoms with Crippen LogP contribution in [0.2, 0.25) is 4.82 Å². The van der Waals surface area contributed by atoms with Gasteiger partial charge in [0.25, 0.3) is 0 Å². The van der Waals surface area contributed by atoms with Gasteiger partial charge in [-0.25, -0.2) is 0 Å². The topological polar surface area (TPSA) is 52.6 Å². The molecule has 4 nitrogen and oxygen atoms in total. The van der Waals surface area contributed by atoms with E-state index in [1.165, 1.54) is 7.11 Å². The summed E-state index contributed by atoms with van der Waals surface area (Å²) in [6, 6.07) is 9.72.